The van der Waals surface area contributed by atoms with E-state index in [9.17, 15) is 9.18 Å². The van der Waals surface area contributed by atoms with Crippen LogP contribution in [-0.2, 0) is 0 Å². The molecule has 0 saturated heterocycles. The normalized spacial score (nSPS) is 10.2. The molecule has 0 amide bonds. The largest absolute Gasteiger partial charge is 0.501 e. The third-order valence-corrected chi connectivity index (χ3v) is 2.09. The summed E-state index contributed by atoms with van der Waals surface area (Å²) < 4.78 is 13.5. The summed E-state index contributed by atoms with van der Waals surface area (Å²) in [5, 5.41) is 9.13. The third kappa shape index (κ3) is 1.61. The highest BCUT2D eigenvalue weighted by molar-refractivity contribution is 5.64. The zero-order valence-corrected chi connectivity index (χ0v) is 7.70. The number of aromatic hydroxyl groups is 1. The number of nitrogens with one attached hydrogen (secondary N) is 1. The van der Waals surface area contributed by atoms with Crippen molar-refractivity contribution in [1.29, 1.82) is 0 Å². The Morgan fingerprint density at radius 2 is 1.87 bits per heavy atom. The fraction of sp³-hybridized carbons (Fsp3) is 0. The molecule has 1 aromatic heterocycles. The maximum Gasteiger partial charge on any atom is 0.293 e. The molecular weight excluding hydrogens is 197 g/mol. The van der Waals surface area contributed by atoms with Crippen molar-refractivity contribution >= 4 is 0 Å². The molecule has 4 heteroatoms. The van der Waals surface area contributed by atoms with Crippen LogP contribution in [0.5, 0.6) is 5.75 Å². The summed E-state index contributed by atoms with van der Waals surface area (Å²) in [7, 11) is 0. The highest BCUT2D eigenvalue weighted by atomic mass is 19.1. The molecule has 76 valence electrons. The third-order valence-electron chi connectivity index (χ3n) is 2.09. The van der Waals surface area contributed by atoms with E-state index in [0.29, 0.717) is 5.56 Å². The first-order valence-electron chi connectivity index (χ1n) is 4.35. The van der Waals surface area contributed by atoms with Gasteiger partial charge < -0.3 is 10.1 Å². The summed E-state index contributed by atoms with van der Waals surface area (Å²) in [6.45, 7) is 0. The molecule has 2 N–H and O–H groups in total. The Balaban J connectivity index is 2.65. The van der Waals surface area contributed by atoms with E-state index in [-0.39, 0.29) is 5.56 Å². The number of hydrogen-bond donors (Lipinski definition) is 2. The molecule has 0 aliphatic rings. The van der Waals surface area contributed by atoms with Crippen LogP contribution in [0, 0.1) is 5.82 Å². The van der Waals surface area contributed by atoms with Crippen molar-refractivity contribution in [3.63, 3.8) is 0 Å². The predicted octanol–water partition coefficient (Wildman–Crippen LogP) is 1.89. The molecule has 2 rings (SSSR count). The molecule has 0 unspecified atom stereocenters. The molecule has 2 aromatic rings. The Bertz CT molecular complexity index is 534. The summed E-state index contributed by atoms with van der Waals surface area (Å²) in [6, 6.07) is 8.67. The van der Waals surface area contributed by atoms with Gasteiger partial charge in [0.15, 0.2) is 5.82 Å². The fourth-order valence-electron chi connectivity index (χ4n) is 1.32. The van der Waals surface area contributed by atoms with Gasteiger partial charge in [0.2, 0.25) is 5.75 Å². The van der Waals surface area contributed by atoms with E-state index in [1.54, 1.807) is 30.3 Å². The minimum Gasteiger partial charge on any atom is -0.501 e. The molecule has 0 aliphatic carbocycles. The number of benzene rings is 1. The second kappa shape index (κ2) is 3.57. The number of H-pyrrole nitrogens is 1. The molecule has 0 spiro atoms. The second-order valence-corrected chi connectivity index (χ2v) is 3.06. The van der Waals surface area contributed by atoms with Crippen LogP contribution >= 0.6 is 0 Å². The Labute approximate surface area is 84.8 Å². The lowest BCUT2D eigenvalue weighted by atomic mass is 10.1. The molecule has 1 heterocycles. The molecule has 15 heavy (non-hydrogen) atoms. The minimum atomic E-state index is -0.898. The van der Waals surface area contributed by atoms with Crippen LogP contribution in [0.1, 0.15) is 0 Å². The van der Waals surface area contributed by atoms with Crippen molar-refractivity contribution in [2.45, 2.75) is 0 Å². The first-order chi connectivity index (χ1) is 7.20. The Hall–Kier alpha value is -2.10. The molecule has 0 bridgehead atoms. The van der Waals surface area contributed by atoms with E-state index in [0.717, 1.165) is 0 Å². The molecule has 3 nitrogen and oxygen atoms in total. The van der Waals surface area contributed by atoms with Crippen LogP contribution in [0.3, 0.4) is 0 Å². The zero-order chi connectivity index (χ0) is 10.8. The summed E-state index contributed by atoms with van der Waals surface area (Å²) in [4.78, 5) is 13.1. The Morgan fingerprint density at radius 1 is 1.20 bits per heavy atom. The number of aromatic nitrogens is 1. The van der Waals surface area contributed by atoms with Crippen molar-refractivity contribution in [3.8, 4) is 16.9 Å². The van der Waals surface area contributed by atoms with Gasteiger partial charge in [-0.2, -0.15) is 0 Å². The monoisotopic (exact) mass is 205 g/mol. The SMILES string of the molecule is O=c1[nH]cc(-c2ccccc2)c(F)c1O. The van der Waals surface area contributed by atoms with Gasteiger partial charge in [0, 0.05) is 11.8 Å². The van der Waals surface area contributed by atoms with Crippen molar-refractivity contribution in [1.82, 2.24) is 4.98 Å². The quantitative estimate of drug-likeness (QED) is 0.746. The molecule has 1 aromatic carbocycles. The number of aromatic amines is 1. The van der Waals surface area contributed by atoms with Gasteiger partial charge in [0.25, 0.3) is 5.56 Å². The lowest BCUT2D eigenvalue weighted by molar-refractivity contribution is 0.425. The number of pyridine rings is 1. The number of halogens is 1. The minimum absolute atomic E-state index is 0.174. The summed E-state index contributed by atoms with van der Waals surface area (Å²) in [5.41, 5.74) is -0.0542. The lowest BCUT2D eigenvalue weighted by Crippen LogP contribution is -2.07. The standard InChI is InChI=1S/C11H8FNO2/c12-9-8(6-13-11(15)10(9)14)7-4-2-1-3-5-7/h1-6,14H,(H,13,15). The molecular formula is C11H8FNO2. The van der Waals surface area contributed by atoms with E-state index in [1.807, 2.05) is 0 Å². The molecule has 0 saturated carbocycles. The highest BCUT2D eigenvalue weighted by Crippen LogP contribution is 2.24. The second-order valence-electron chi connectivity index (χ2n) is 3.06. The topological polar surface area (TPSA) is 53.1 Å². The van der Waals surface area contributed by atoms with Crippen LogP contribution < -0.4 is 5.56 Å². The maximum absolute atomic E-state index is 13.5. The average Bonchev–Trinajstić information content (AvgIpc) is 2.27. The summed E-state index contributed by atoms with van der Waals surface area (Å²) in [6.07, 6.45) is 1.24. The molecule has 0 aliphatic heterocycles. The predicted molar refractivity (Wildman–Crippen MR) is 54.1 cm³/mol. The summed E-state index contributed by atoms with van der Waals surface area (Å²) >= 11 is 0. The van der Waals surface area contributed by atoms with Gasteiger partial charge in [-0.1, -0.05) is 30.3 Å². The van der Waals surface area contributed by atoms with Gasteiger partial charge in [0.05, 0.1) is 0 Å². The van der Waals surface area contributed by atoms with Gasteiger partial charge in [-0.05, 0) is 5.56 Å². The Kier molecular flexibility index (Phi) is 2.25. The maximum atomic E-state index is 13.5. The van der Waals surface area contributed by atoms with Crippen molar-refractivity contribution < 1.29 is 9.50 Å². The van der Waals surface area contributed by atoms with E-state index < -0.39 is 17.1 Å². The van der Waals surface area contributed by atoms with Crippen molar-refractivity contribution in [3.05, 3.63) is 52.7 Å². The average molecular weight is 205 g/mol. The van der Waals surface area contributed by atoms with Crippen LogP contribution in [0.25, 0.3) is 11.1 Å². The molecule has 0 atom stereocenters. The van der Waals surface area contributed by atoms with E-state index in [4.69, 9.17) is 5.11 Å². The zero-order valence-electron chi connectivity index (χ0n) is 7.70. The summed E-state index contributed by atoms with van der Waals surface area (Å²) in [5.74, 6) is -1.78. The van der Waals surface area contributed by atoms with E-state index >= 15 is 0 Å². The Morgan fingerprint density at radius 3 is 2.53 bits per heavy atom. The van der Waals surface area contributed by atoms with Gasteiger partial charge in [0.1, 0.15) is 0 Å². The van der Waals surface area contributed by atoms with Gasteiger partial charge in [-0.3, -0.25) is 4.79 Å². The molecule has 0 radical (unpaired) electrons. The first-order valence-corrected chi connectivity index (χ1v) is 4.35. The van der Waals surface area contributed by atoms with Crippen molar-refractivity contribution in [2.24, 2.45) is 0 Å². The van der Waals surface area contributed by atoms with Gasteiger partial charge >= 0.3 is 0 Å². The highest BCUT2D eigenvalue weighted by Gasteiger charge is 2.12. The smallest absolute Gasteiger partial charge is 0.293 e. The van der Waals surface area contributed by atoms with Crippen LogP contribution in [0.2, 0.25) is 0 Å². The van der Waals surface area contributed by atoms with E-state index in [1.165, 1.54) is 6.20 Å². The van der Waals surface area contributed by atoms with Gasteiger partial charge in [-0.25, -0.2) is 4.39 Å². The first kappa shape index (κ1) is 9.45. The lowest BCUT2D eigenvalue weighted by Gasteiger charge is -2.03. The molecule has 0 fully saturated rings. The number of hydrogen-bond acceptors (Lipinski definition) is 2. The fourth-order valence-corrected chi connectivity index (χ4v) is 1.32. The van der Waals surface area contributed by atoms with Crippen LogP contribution in [-0.4, -0.2) is 10.1 Å². The van der Waals surface area contributed by atoms with Crippen LogP contribution in [0.4, 0.5) is 4.39 Å². The van der Waals surface area contributed by atoms with Crippen molar-refractivity contribution in [2.75, 3.05) is 0 Å². The van der Waals surface area contributed by atoms with E-state index in [2.05, 4.69) is 4.98 Å². The van der Waals surface area contributed by atoms with Crippen LogP contribution in [0.15, 0.2) is 41.3 Å². The van der Waals surface area contributed by atoms with Gasteiger partial charge in [-0.15, -0.1) is 0 Å². The number of rotatable bonds is 1.